The molecule has 2 rings (SSSR count). The molecule has 8 nitrogen and oxygen atoms in total. The third-order valence-corrected chi connectivity index (χ3v) is 4.49. The summed E-state index contributed by atoms with van der Waals surface area (Å²) in [6.45, 7) is 5.88. The van der Waals surface area contributed by atoms with Crippen LogP contribution in [0.15, 0.2) is 0 Å². The first-order chi connectivity index (χ1) is 10.7. The van der Waals surface area contributed by atoms with Gasteiger partial charge >= 0.3 is 0 Å². The number of hydrogen-bond acceptors (Lipinski definition) is 4. The van der Waals surface area contributed by atoms with Crippen molar-refractivity contribution in [3.05, 3.63) is 0 Å². The molecule has 128 valence electrons. The van der Waals surface area contributed by atoms with Gasteiger partial charge in [0.25, 0.3) is 0 Å². The maximum absolute atomic E-state index is 12.7. The van der Waals surface area contributed by atoms with Crippen LogP contribution in [0.1, 0.15) is 40.0 Å². The minimum absolute atomic E-state index is 0.0355. The maximum atomic E-state index is 12.7. The summed E-state index contributed by atoms with van der Waals surface area (Å²) in [6, 6.07) is -1.55. The Kier molecular flexibility index (Phi) is 4.91. The second-order valence-electron chi connectivity index (χ2n) is 6.49. The first-order valence-corrected chi connectivity index (χ1v) is 7.94. The SMILES string of the molecule is CC(C)C1NC(=O)C(C)N1C(=O)CC(C(N)=O)N1CCCC1=O. The molecule has 23 heavy (non-hydrogen) atoms. The molecule has 0 bridgehead atoms. The van der Waals surface area contributed by atoms with Gasteiger partial charge in [-0.1, -0.05) is 13.8 Å². The number of carbonyl (C=O) groups is 4. The van der Waals surface area contributed by atoms with Crippen molar-refractivity contribution in [1.29, 1.82) is 0 Å². The summed E-state index contributed by atoms with van der Waals surface area (Å²) in [4.78, 5) is 50.9. The van der Waals surface area contributed by atoms with E-state index < -0.39 is 24.2 Å². The molecule has 0 radical (unpaired) electrons. The number of hydrogen-bond donors (Lipinski definition) is 2. The van der Waals surface area contributed by atoms with Crippen LogP contribution in [0.3, 0.4) is 0 Å². The monoisotopic (exact) mass is 324 g/mol. The Labute approximate surface area is 135 Å². The third-order valence-electron chi connectivity index (χ3n) is 4.49. The molecule has 3 atom stereocenters. The molecule has 2 aliphatic rings. The van der Waals surface area contributed by atoms with E-state index in [4.69, 9.17) is 5.73 Å². The van der Waals surface area contributed by atoms with E-state index in [-0.39, 0.29) is 30.1 Å². The Morgan fingerprint density at radius 2 is 2.00 bits per heavy atom. The van der Waals surface area contributed by atoms with Gasteiger partial charge in [0.2, 0.25) is 23.6 Å². The second kappa shape index (κ2) is 6.55. The van der Waals surface area contributed by atoms with E-state index in [1.54, 1.807) is 6.92 Å². The Morgan fingerprint density at radius 3 is 2.48 bits per heavy atom. The maximum Gasteiger partial charge on any atom is 0.244 e. The van der Waals surface area contributed by atoms with Gasteiger partial charge in [-0.2, -0.15) is 0 Å². The average Bonchev–Trinajstić information content (AvgIpc) is 3.00. The van der Waals surface area contributed by atoms with E-state index in [0.29, 0.717) is 19.4 Å². The number of nitrogens with zero attached hydrogens (tertiary/aromatic N) is 2. The number of rotatable bonds is 5. The van der Waals surface area contributed by atoms with E-state index in [1.165, 1.54) is 9.80 Å². The zero-order valence-corrected chi connectivity index (χ0v) is 13.7. The Hall–Kier alpha value is -2.12. The molecule has 0 aliphatic carbocycles. The molecule has 3 unspecified atom stereocenters. The quantitative estimate of drug-likeness (QED) is 0.688. The summed E-state index contributed by atoms with van der Waals surface area (Å²) in [5.74, 6) is -1.39. The summed E-state index contributed by atoms with van der Waals surface area (Å²) in [7, 11) is 0. The zero-order valence-electron chi connectivity index (χ0n) is 13.7. The second-order valence-corrected chi connectivity index (χ2v) is 6.49. The van der Waals surface area contributed by atoms with Crippen molar-refractivity contribution >= 4 is 23.6 Å². The fraction of sp³-hybridized carbons (Fsp3) is 0.733. The number of carbonyl (C=O) groups excluding carboxylic acids is 4. The zero-order chi connectivity index (χ0) is 17.3. The lowest BCUT2D eigenvalue weighted by atomic mass is 10.1. The lowest BCUT2D eigenvalue weighted by Crippen LogP contribution is -2.51. The molecule has 0 saturated carbocycles. The first-order valence-electron chi connectivity index (χ1n) is 7.94. The molecule has 0 aromatic heterocycles. The third kappa shape index (κ3) is 3.30. The van der Waals surface area contributed by atoms with E-state index in [1.807, 2.05) is 13.8 Å². The molecule has 2 saturated heterocycles. The highest BCUT2D eigenvalue weighted by atomic mass is 16.2. The lowest BCUT2D eigenvalue weighted by molar-refractivity contribution is -0.143. The molecular weight excluding hydrogens is 300 g/mol. The summed E-state index contributed by atoms with van der Waals surface area (Å²) in [5, 5.41) is 2.78. The van der Waals surface area contributed by atoms with Crippen molar-refractivity contribution in [1.82, 2.24) is 15.1 Å². The van der Waals surface area contributed by atoms with E-state index >= 15 is 0 Å². The lowest BCUT2D eigenvalue weighted by Gasteiger charge is -2.32. The van der Waals surface area contributed by atoms with Crippen molar-refractivity contribution in [2.75, 3.05) is 6.54 Å². The summed E-state index contributed by atoms with van der Waals surface area (Å²) in [6.07, 6.45) is 0.426. The number of nitrogens with two attached hydrogens (primary N) is 1. The summed E-state index contributed by atoms with van der Waals surface area (Å²) >= 11 is 0. The number of likely N-dealkylation sites (tertiary alicyclic amines) is 1. The topological polar surface area (TPSA) is 113 Å². The van der Waals surface area contributed by atoms with Gasteiger partial charge in [0.1, 0.15) is 18.2 Å². The van der Waals surface area contributed by atoms with E-state index in [9.17, 15) is 19.2 Å². The first kappa shape index (κ1) is 17.2. The molecule has 2 aliphatic heterocycles. The highest BCUT2D eigenvalue weighted by Crippen LogP contribution is 2.22. The molecule has 0 spiro atoms. The van der Waals surface area contributed by atoms with Crippen molar-refractivity contribution in [2.24, 2.45) is 11.7 Å². The predicted octanol–water partition coefficient (Wildman–Crippen LogP) is -0.818. The molecule has 0 aromatic carbocycles. The predicted molar refractivity (Wildman–Crippen MR) is 81.6 cm³/mol. The largest absolute Gasteiger partial charge is 0.368 e. The minimum atomic E-state index is -0.951. The van der Waals surface area contributed by atoms with Gasteiger partial charge in [0, 0.05) is 13.0 Å². The van der Waals surface area contributed by atoms with Gasteiger partial charge in [-0.15, -0.1) is 0 Å². The summed E-state index contributed by atoms with van der Waals surface area (Å²) < 4.78 is 0. The standard InChI is InChI=1S/C15H24N4O4/c1-8(2)14-17-15(23)9(3)19(14)12(21)7-10(13(16)22)18-6-4-5-11(18)20/h8-10,14H,4-7H2,1-3H3,(H2,16,22)(H,17,23). The van der Waals surface area contributed by atoms with Crippen LogP contribution in [-0.4, -0.2) is 58.2 Å². The van der Waals surface area contributed by atoms with Crippen LogP contribution in [0, 0.1) is 5.92 Å². The van der Waals surface area contributed by atoms with Crippen LogP contribution in [-0.2, 0) is 19.2 Å². The highest BCUT2D eigenvalue weighted by Gasteiger charge is 2.43. The van der Waals surface area contributed by atoms with Crippen LogP contribution in [0.4, 0.5) is 0 Å². The van der Waals surface area contributed by atoms with Gasteiger partial charge in [-0.05, 0) is 19.3 Å². The van der Waals surface area contributed by atoms with Gasteiger partial charge < -0.3 is 20.9 Å². The average molecular weight is 324 g/mol. The molecule has 2 fully saturated rings. The van der Waals surface area contributed by atoms with Crippen LogP contribution < -0.4 is 11.1 Å². The highest BCUT2D eigenvalue weighted by molar-refractivity contribution is 5.95. The fourth-order valence-electron chi connectivity index (χ4n) is 3.20. The molecule has 3 N–H and O–H groups in total. The van der Waals surface area contributed by atoms with Crippen molar-refractivity contribution in [2.45, 2.75) is 58.3 Å². The molecule has 8 heteroatoms. The molecule has 4 amide bonds. The van der Waals surface area contributed by atoms with Gasteiger partial charge in [-0.3, -0.25) is 19.2 Å². The molecule has 2 heterocycles. The normalized spacial score (nSPS) is 25.9. The Balaban J connectivity index is 2.16. The van der Waals surface area contributed by atoms with Crippen LogP contribution in [0.5, 0.6) is 0 Å². The molecule has 0 aromatic rings. The van der Waals surface area contributed by atoms with Gasteiger partial charge in [0.15, 0.2) is 0 Å². The Morgan fingerprint density at radius 1 is 1.35 bits per heavy atom. The number of amides is 4. The number of nitrogens with one attached hydrogen (secondary N) is 1. The van der Waals surface area contributed by atoms with Crippen LogP contribution >= 0.6 is 0 Å². The van der Waals surface area contributed by atoms with Gasteiger partial charge in [0.05, 0.1) is 6.42 Å². The van der Waals surface area contributed by atoms with Crippen molar-refractivity contribution in [3.63, 3.8) is 0 Å². The van der Waals surface area contributed by atoms with Gasteiger partial charge in [-0.25, -0.2) is 0 Å². The Bertz CT molecular complexity index is 534. The van der Waals surface area contributed by atoms with Crippen molar-refractivity contribution < 1.29 is 19.2 Å². The summed E-state index contributed by atoms with van der Waals surface area (Å²) in [5.41, 5.74) is 5.40. The van der Waals surface area contributed by atoms with Crippen LogP contribution in [0.25, 0.3) is 0 Å². The number of primary amides is 1. The van der Waals surface area contributed by atoms with Crippen molar-refractivity contribution in [3.8, 4) is 0 Å². The smallest absolute Gasteiger partial charge is 0.244 e. The van der Waals surface area contributed by atoms with E-state index in [2.05, 4.69) is 5.32 Å². The minimum Gasteiger partial charge on any atom is -0.368 e. The molecular formula is C15H24N4O4. The fourth-order valence-corrected chi connectivity index (χ4v) is 3.20. The van der Waals surface area contributed by atoms with E-state index in [0.717, 1.165) is 0 Å². The van der Waals surface area contributed by atoms with Crippen LogP contribution in [0.2, 0.25) is 0 Å².